The highest BCUT2D eigenvalue weighted by molar-refractivity contribution is 7.89. The lowest BCUT2D eigenvalue weighted by Crippen LogP contribution is -2.52. The number of amides is 1. The minimum absolute atomic E-state index is 0.0615. The molecule has 1 amide bonds. The molecule has 1 aliphatic carbocycles. The number of nitrogens with zero attached hydrogens (tertiary/aromatic N) is 2. The van der Waals surface area contributed by atoms with Gasteiger partial charge in [-0.2, -0.15) is 4.31 Å². The van der Waals surface area contributed by atoms with Gasteiger partial charge in [-0.25, -0.2) is 8.42 Å². The number of hydrogen-bond acceptors (Lipinski definition) is 3. The molecule has 1 saturated heterocycles. The van der Waals surface area contributed by atoms with Gasteiger partial charge in [-0.3, -0.25) is 4.79 Å². The summed E-state index contributed by atoms with van der Waals surface area (Å²) in [5.41, 5.74) is 0. The van der Waals surface area contributed by atoms with Crippen LogP contribution in [0.1, 0.15) is 38.5 Å². The molecule has 1 aromatic rings. The number of likely N-dealkylation sites (N-methyl/N-ethyl adjacent to an activating group) is 1. The first-order valence-electron chi connectivity index (χ1n) is 8.81. The second-order valence-corrected chi connectivity index (χ2v) is 8.96. The van der Waals surface area contributed by atoms with Crippen LogP contribution in [0.5, 0.6) is 0 Å². The molecule has 1 aliphatic heterocycles. The third kappa shape index (κ3) is 3.49. The standard InChI is InChI=1S/C18H26N2O3S/c1-19(24(22,23)16-10-3-2-4-11-16)14-18(21)20-13-7-9-15-8-5-6-12-17(15)20/h2-4,10-11,15,17H,5-9,12-14H2,1H3/t15-,17+/m0/s1. The van der Waals surface area contributed by atoms with Crippen LogP contribution in [0.25, 0.3) is 0 Å². The Morgan fingerprint density at radius 3 is 2.54 bits per heavy atom. The molecule has 0 aromatic heterocycles. The summed E-state index contributed by atoms with van der Waals surface area (Å²) in [6.45, 7) is 0.680. The molecule has 3 rings (SSSR count). The predicted molar refractivity (Wildman–Crippen MR) is 93.0 cm³/mol. The number of carbonyl (C=O) groups excluding carboxylic acids is 1. The van der Waals surface area contributed by atoms with Crippen LogP contribution in [0.3, 0.4) is 0 Å². The molecule has 0 spiro atoms. The topological polar surface area (TPSA) is 57.7 Å². The number of piperidine rings is 1. The first-order chi connectivity index (χ1) is 11.5. The smallest absolute Gasteiger partial charge is 0.243 e. The van der Waals surface area contributed by atoms with Crippen molar-refractivity contribution in [2.45, 2.75) is 49.5 Å². The second kappa shape index (κ2) is 7.23. The van der Waals surface area contributed by atoms with Crippen molar-refractivity contribution in [3.63, 3.8) is 0 Å². The lowest BCUT2D eigenvalue weighted by atomic mass is 9.78. The van der Waals surface area contributed by atoms with Crippen LogP contribution in [0.4, 0.5) is 0 Å². The third-order valence-electron chi connectivity index (χ3n) is 5.37. The van der Waals surface area contributed by atoms with Crippen LogP contribution in [0.15, 0.2) is 35.2 Å². The van der Waals surface area contributed by atoms with Gasteiger partial charge in [-0.15, -0.1) is 0 Å². The zero-order valence-corrected chi connectivity index (χ0v) is 15.0. The van der Waals surface area contributed by atoms with E-state index in [4.69, 9.17) is 0 Å². The first kappa shape index (κ1) is 17.4. The van der Waals surface area contributed by atoms with Crippen LogP contribution in [0.2, 0.25) is 0 Å². The van der Waals surface area contributed by atoms with E-state index in [0.717, 1.165) is 19.4 Å². The van der Waals surface area contributed by atoms with Gasteiger partial charge in [0.1, 0.15) is 0 Å². The second-order valence-electron chi connectivity index (χ2n) is 6.92. The van der Waals surface area contributed by atoms with Crippen molar-refractivity contribution in [3.8, 4) is 0 Å². The average Bonchev–Trinajstić information content (AvgIpc) is 2.61. The molecule has 24 heavy (non-hydrogen) atoms. The van der Waals surface area contributed by atoms with E-state index in [1.165, 1.54) is 37.0 Å². The molecular weight excluding hydrogens is 324 g/mol. The van der Waals surface area contributed by atoms with Gasteiger partial charge in [-0.1, -0.05) is 31.0 Å². The van der Waals surface area contributed by atoms with Crippen molar-refractivity contribution in [3.05, 3.63) is 30.3 Å². The highest BCUT2D eigenvalue weighted by Crippen LogP contribution is 2.35. The molecule has 2 fully saturated rings. The maximum atomic E-state index is 12.8. The summed E-state index contributed by atoms with van der Waals surface area (Å²) in [6.07, 6.45) is 6.92. The van der Waals surface area contributed by atoms with Crippen molar-refractivity contribution >= 4 is 15.9 Å². The average molecular weight is 350 g/mol. The van der Waals surface area contributed by atoms with Crippen molar-refractivity contribution < 1.29 is 13.2 Å². The van der Waals surface area contributed by atoms with Gasteiger partial charge >= 0.3 is 0 Å². The van der Waals surface area contributed by atoms with Crippen molar-refractivity contribution in [2.24, 2.45) is 5.92 Å². The Labute approximate surface area is 144 Å². The SMILES string of the molecule is CN(CC(=O)N1CCC[C@@H]2CCCC[C@H]21)S(=O)(=O)c1ccccc1. The molecule has 1 heterocycles. The van der Waals surface area contributed by atoms with E-state index in [1.807, 2.05) is 4.90 Å². The molecule has 5 nitrogen and oxygen atoms in total. The van der Waals surface area contributed by atoms with E-state index in [-0.39, 0.29) is 17.3 Å². The number of sulfonamides is 1. The Kier molecular flexibility index (Phi) is 5.25. The minimum atomic E-state index is -3.62. The van der Waals surface area contributed by atoms with E-state index in [0.29, 0.717) is 12.0 Å². The number of fused-ring (bicyclic) bond motifs is 1. The normalized spacial score (nSPS) is 24.7. The Morgan fingerprint density at radius 1 is 1.12 bits per heavy atom. The molecule has 0 N–H and O–H groups in total. The van der Waals surface area contributed by atoms with Crippen molar-refractivity contribution in [1.82, 2.24) is 9.21 Å². The molecule has 6 heteroatoms. The number of carbonyl (C=O) groups is 1. The van der Waals surface area contributed by atoms with Crippen LogP contribution in [0, 0.1) is 5.92 Å². The van der Waals surface area contributed by atoms with Crippen molar-refractivity contribution in [2.75, 3.05) is 20.1 Å². The van der Waals surface area contributed by atoms with E-state index >= 15 is 0 Å². The molecule has 0 bridgehead atoms. The summed E-state index contributed by atoms with van der Waals surface area (Å²) in [4.78, 5) is 14.9. The summed E-state index contributed by atoms with van der Waals surface area (Å²) < 4.78 is 26.4. The monoisotopic (exact) mass is 350 g/mol. The van der Waals surface area contributed by atoms with Gasteiger partial charge in [0.2, 0.25) is 15.9 Å². The predicted octanol–water partition coefficient (Wildman–Crippen LogP) is 2.49. The van der Waals surface area contributed by atoms with Gasteiger partial charge in [0.25, 0.3) is 0 Å². The van der Waals surface area contributed by atoms with Gasteiger partial charge in [0.15, 0.2) is 0 Å². The van der Waals surface area contributed by atoms with E-state index in [2.05, 4.69) is 0 Å². The Morgan fingerprint density at radius 2 is 1.79 bits per heavy atom. The lowest BCUT2D eigenvalue weighted by Gasteiger charge is -2.44. The summed E-state index contributed by atoms with van der Waals surface area (Å²) in [7, 11) is -2.13. The first-order valence-corrected chi connectivity index (χ1v) is 10.2. The number of likely N-dealkylation sites (tertiary alicyclic amines) is 1. The van der Waals surface area contributed by atoms with Gasteiger partial charge < -0.3 is 4.90 Å². The highest BCUT2D eigenvalue weighted by atomic mass is 32.2. The highest BCUT2D eigenvalue weighted by Gasteiger charge is 2.36. The van der Waals surface area contributed by atoms with Crippen LogP contribution < -0.4 is 0 Å². The Balaban J connectivity index is 1.69. The molecule has 1 aromatic carbocycles. The fourth-order valence-electron chi connectivity index (χ4n) is 4.07. The van der Waals surface area contributed by atoms with Crippen LogP contribution in [-0.2, 0) is 14.8 Å². The Hall–Kier alpha value is -1.40. The quantitative estimate of drug-likeness (QED) is 0.838. The van der Waals surface area contributed by atoms with Gasteiger partial charge in [-0.05, 0) is 43.7 Å². The fraction of sp³-hybridized carbons (Fsp3) is 0.611. The number of rotatable bonds is 4. The van der Waals surface area contributed by atoms with Crippen LogP contribution >= 0.6 is 0 Å². The zero-order chi connectivity index (χ0) is 17.2. The largest absolute Gasteiger partial charge is 0.338 e. The maximum absolute atomic E-state index is 12.8. The van der Waals surface area contributed by atoms with Gasteiger partial charge in [0, 0.05) is 19.6 Å². The van der Waals surface area contributed by atoms with Crippen molar-refractivity contribution in [1.29, 1.82) is 0 Å². The lowest BCUT2D eigenvalue weighted by molar-refractivity contribution is -0.137. The van der Waals surface area contributed by atoms with Gasteiger partial charge in [0.05, 0.1) is 11.4 Å². The zero-order valence-electron chi connectivity index (χ0n) is 14.2. The molecule has 0 unspecified atom stereocenters. The molecular formula is C18H26N2O3S. The minimum Gasteiger partial charge on any atom is -0.338 e. The van der Waals surface area contributed by atoms with E-state index in [9.17, 15) is 13.2 Å². The van der Waals surface area contributed by atoms with E-state index < -0.39 is 10.0 Å². The third-order valence-corrected chi connectivity index (χ3v) is 7.19. The Bertz CT molecular complexity index is 673. The fourth-order valence-corrected chi connectivity index (χ4v) is 5.21. The summed E-state index contributed by atoms with van der Waals surface area (Å²) in [5.74, 6) is 0.543. The maximum Gasteiger partial charge on any atom is 0.243 e. The summed E-state index contributed by atoms with van der Waals surface area (Å²) >= 11 is 0. The van der Waals surface area contributed by atoms with Crippen LogP contribution in [-0.4, -0.2) is 49.7 Å². The molecule has 1 saturated carbocycles. The summed E-state index contributed by atoms with van der Waals surface area (Å²) in [6, 6.07) is 8.61. The molecule has 2 atom stereocenters. The molecule has 0 radical (unpaired) electrons. The molecule has 132 valence electrons. The summed E-state index contributed by atoms with van der Waals surface area (Å²) in [5, 5.41) is 0. The van der Waals surface area contributed by atoms with E-state index in [1.54, 1.807) is 30.3 Å². The number of benzene rings is 1. The number of hydrogen-bond donors (Lipinski definition) is 0. The molecule has 2 aliphatic rings.